The highest BCUT2D eigenvalue weighted by atomic mass is 32.2. The molecule has 0 saturated heterocycles. The van der Waals surface area contributed by atoms with Crippen LogP contribution in [0, 0.1) is 5.41 Å². The minimum atomic E-state index is -3.70. The zero-order chi connectivity index (χ0) is 30.0. The number of alkyl carbamates (subject to hydrolysis) is 1. The summed E-state index contributed by atoms with van der Waals surface area (Å²) in [4.78, 5) is 27.1. The quantitative estimate of drug-likeness (QED) is 0.135. The molecule has 0 unspecified atom stereocenters. The molecule has 4 rings (SSSR count). The Kier molecular flexibility index (Phi) is 10.7. The Morgan fingerprint density at radius 3 is 2.48 bits per heavy atom. The number of fused-ring (bicyclic) bond motifs is 1. The highest BCUT2D eigenvalue weighted by Gasteiger charge is 2.23. The van der Waals surface area contributed by atoms with Gasteiger partial charge in [-0.3, -0.25) is 20.2 Å². The van der Waals surface area contributed by atoms with E-state index in [2.05, 4.69) is 17.0 Å². The Morgan fingerprint density at radius 1 is 0.976 bits per heavy atom. The molecule has 9 nitrogen and oxygen atoms in total. The number of amides is 2. The zero-order valence-corrected chi connectivity index (χ0v) is 24.7. The van der Waals surface area contributed by atoms with Crippen LogP contribution in [0.2, 0.25) is 0 Å². The molecule has 42 heavy (non-hydrogen) atoms. The Morgan fingerprint density at radius 2 is 1.74 bits per heavy atom. The Bertz CT molecular complexity index is 1490. The van der Waals surface area contributed by atoms with Crippen molar-refractivity contribution in [3.05, 3.63) is 89.5 Å². The molecule has 0 aromatic heterocycles. The number of benzene rings is 3. The van der Waals surface area contributed by atoms with Crippen LogP contribution in [0.15, 0.2) is 77.7 Å². The zero-order valence-electron chi connectivity index (χ0n) is 23.9. The summed E-state index contributed by atoms with van der Waals surface area (Å²) in [5, 5.41) is 10.6. The van der Waals surface area contributed by atoms with Crippen LogP contribution in [0.4, 0.5) is 16.2 Å². The van der Waals surface area contributed by atoms with Gasteiger partial charge in [0.25, 0.3) is 10.0 Å². The first-order valence-electron chi connectivity index (χ1n) is 14.4. The molecule has 10 heteroatoms. The van der Waals surface area contributed by atoms with Crippen LogP contribution in [0.1, 0.15) is 62.1 Å². The molecule has 0 spiro atoms. The van der Waals surface area contributed by atoms with Gasteiger partial charge in [0.1, 0.15) is 5.84 Å². The van der Waals surface area contributed by atoms with E-state index in [0.717, 1.165) is 55.3 Å². The number of anilines is 2. The number of hydrogen-bond donors (Lipinski definition) is 3. The summed E-state index contributed by atoms with van der Waals surface area (Å²) in [5.41, 5.74) is 3.70. The number of nitrogens with one attached hydrogen (secondary N) is 3. The number of carbonyl (C=O) groups excluding carboxylic acids is 2. The number of rotatable bonds is 12. The van der Waals surface area contributed by atoms with Crippen molar-refractivity contribution in [3.8, 4) is 0 Å². The molecular formula is C32H38N4O5S. The first kappa shape index (κ1) is 30.8. The number of aryl methyl sites for hydroxylation is 2. The molecule has 222 valence electrons. The second kappa shape index (κ2) is 14.6. The van der Waals surface area contributed by atoms with Crippen LogP contribution in [0.3, 0.4) is 0 Å². The second-order valence-corrected chi connectivity index (χ2v) is 12.0. The Hall–Kier alpha value is -4.18. The lowest BCUT2D eigenvalue weighted by Gasteiger charge is -2.30. The first-order valence-corrected chi connectivity index (χ1v) is 15.9. The average molecular weight is 591 g/mol. The van der Waals surface area contributed by atoms with E-state index in [1.54, 1.807) is 65.6 Å². The van der Waals surface area contributed by atoms with Crippen LogP contribution in [-0.2, 0) is 32.4 Å². The maximum absolute atomic E-state index is 13.2. The number of unbranched alkanes of at least 4 members (excludes halogenated alkanes) is 3. The molecule has 0 saturated carbocycles. The third kappa shape index (κ3) is 8.42. The van der Waals surface area contributed by atoms with Crippen molar-refractivity contribution < 1.29 is 22.7 Å². The predicted octanol–water partition coefficient (Wildman–Crippen LogP) is 6.03. The molecular weight excluding hydrogens is 552 g/mol. The standard InChI is InChI=1S/C32H38N4O5S/c1-2-3-4-8-22-41-32(38)34-31(33)25-16-13-24(14-17-25)15-20-30(37)36-21-9-10-26-23-27(18-19-29(26)36)35-42(39,40)28-11-6-5-7-12-28/h5-7,11-14,16-19,23,35H,2-4,8-10,15,20-22H2,1H3,(H2,33,34,38). The van der Waals surface area contributed by atoms with E-state index in [-0.39, 0.29) is 16.6 Å². The molecule has 0 aliphatic carbocycles. The van der Waals surface area contributed by atoms with Gasteiger partial charge in [-0.2, -0.15) is 0 Å². The minimum Gasteiger partial charge on any atom is -0.449 e. The summed E-state index contributed by atoms with van der Waals surface area (Å²) in [5.74, 6) is -0.0414. The molecule has 1 aliphatic heterocycles. The normalized spacial score (nSPS) is 12.7. The fourth-order valence-corrected chi connectivity index (χ4v) is 5.93. The summed E-state index contributed by atoms with van der Waals surface area (Å²) >= 11 is 0. The van der Waals surface area contributed by atoms with Crippen molar-refractivity contribution in [1.29, 1.82) is 5.41 Å². The number of carbonyl (C=O) groups is 2. The SMILES string of the molecule is CCCCCCOC(=O)NC(=N)c1ccc(CCC(=O)N2CCCc3cc(NS(=O)(=O)c4ccccc4)ccc32)cc1. The van der Waals surface area contributed by atoms with Gasteiger partial charge in [0.2, 0.25) is 5.91 Å². The van der Waals surface area contributed by atoms with E-state index in [1.807, 2.05) is 12.1 Å². The van der Waals surface area contributed by atoms with E-state index in [1.165, 1.54) is 0 Å². The number of amidine groups is 1. The summed E-state index contributed by atoms with van der Waals surface area (Å²) < 4.78 is 33.2. The molecule has 3 aromatic carbocycles. The summed E-state index contributed by atoms with van der Waals surface area (Å²) in [6.45, 7) is 3.06. The van der Waals surface area contributed by atoms with Crippen molar-refractivity contribution in [2.45, 2.75) is 63.2 Å². The number of sulfonamides is 1. The molecule has 0 radical (unpaired) electrons. The summed E-state index contributed by atoms with van der Waals surface area (Å²) in [6.07, 6.45) is 5.78. The molecule has 2 amide bonds. The third-order valence-corrected chi connectivity index (χ3v) is 8.53. The Balaban J connectivity index is 1.29. The molecule has 0 fully saturated rings. The van der Waals surface area contributed by atoms with Crippen molar-refractivity contribution in [1.82, 2.24) is 5.32 Å². The van der Waals surface area contributed by atoms with Crippen LogP contribution in [0.25, 0.3) is 0 Å². The van der Waals surface area contributed by atoms with Crippen LogP contribution in [0.5, 0.6) is 0 Å². The van der Waals surface area contributed by atoms with E-state index in [4.69, 9.17) is 10.1 Å². The van der Waals surface area contributed by atoms with Crippen molar-refractivity contribution in [2.75, 3.05) is 22.8 Å². The Labute approximate surface area is 247 Å². The number of nitrogens with zero attached hydrogens (tertiary/aromatic N) is 1. The van der Waals surface area contributed by atoms with E-state index in [0.29, 0.717) is 37.2 Å². The first-order chi connectivity index (χ1) is 20.3. The van der Waals surface area contributed by atoms with Crippen LogP contribution < -0.4 is 14.9 Å². The maximum atomic E-state index is 13.2. The van der Waals surface area contributed by atoms with Crippen LogP contribution in [-0.4, -0.2) is 39.4 Å². The molecule has 3 aromatic rings. The lowest BCUT2D eigenvalue weighted by molar-refractivity contribution is -0.118. The van der Waals surface area contributed by atoms with Crippen molar-refractivity contribution in [3.63, 3.8) is 0 Å². The smallest absolute Gasteiger partial charge is 0.412 e. The lowest BCUT2D eigenvalue weighted by atomic mass is 10.00. The van der Waals surface area contributed by atoms with Gasteiger partial charge in [-0.05, 0) is 67.1 Å². The lowest BCUT2D eigenvalue weighted by Crippen LogP contribution is -2.35. The van der Waals surface area contributed by atoms with Gasteiger partial charge in [-0.25, -0.2) is 13.2 Å². The second-order valence-electron chi connectivity index (χ2n) is 10.3. The molecule has 0 atom stereocenters. The van der Waals surface area contributed by atoms with E-state index < -0.39 is 16.1 Å². The largest absolute Gasteiger partial charge is 0.449 e. The van der Waals surface area contributed by atoms with Gasteiger partial charge >= 0.3 is 6.09 Å². The fraction of sp³-hybridized carbons (Fsp3) is 0.344. The van der Waals surface area contributed by atoms with Gasteiger partial charge in [0, 0.05) is 29.9 Å². The van der Waals surface area contributed by atoms with Gasteiger partial charge < -0.3 is 9.64 Å². The van der Waals surface area contributed by atoms with Crippen LogP contribution >= 0.6 is 0 Å². The number of hydrogen-bond acceptors (Lipinski definition) is 6. The third-order valence-electron chi connectivity index (χ3n) is 7.13. The molecule has 3 N–H and O–H groups in total. The van der Waals surface area contributed by atoms with E-state index in [9.17, 15) is 18.0 Å². The summed E-state index contributed by atoms with van der Waals surface area (Å²) in [7, 11) is -3.70. The topological polar surface area (TPSA) is 129 Å². The predicted molar refractivity (Wildman–Crippen MR) is 165 cm³/mol. The van der Waals surface area contributed by atoms with Gasteiger partial charge in [-0.1, -0.05) is 68.7 Å². The highest BCUT2D eigenvalue weighted by molar-refractivity contribution is 7.92. The summed E-state index contributed by atoms with van der Waals surface area (Å²) in [6, 6.07) is 20.7. The van der Waals surface area contributed by atoms with Crippen molar-refractivity contribution in [2.24, 2.45) is 0 Å². The van der Waals surface area contributed by atoms with E-state index >= 15 is 0 Å². The average Bonchev–Trinajstić information content (AvgIpc) is 2.99. The van der Waals surface area contributed by atoms with Gasteiger partial charge in [-0.15, -0.1) is 0 Å². The molecule has 1 aliphatic rings. The van der Waals surface area contributed by atoms with Gasteiger partial charge in [0.15, 0.2) is 0 Å². The monoisotopic (exact) mass is 590 g/mol. The van der Waals surface area contributed by atoms with Crippen molar-refractivity contribution >= 4 is 39.2 Å². The minimum absolute atomic E-state index is 0.00580. The van der Waals surface area contributed by atoms with Gasteiger partial charge in [0.05, 0.1) is 11.5 Å². The highest BCUT2D eigenvalue weighted by Crippen LogP contribution is 2.31. The fourth-order valence-electron chi connectivity index (χ4n) is 4.86. The molecule has 1 heterocycles. The maximum Gasteiger partial charge on any atom is 0.412 e. The molecule has 0 bridgehead atoms. The number of ether oxygens (including phenoxy) is 1.